The first-order valence-corrected chi connectivity index (χ1v) is 6.83. The third-order valence-corrected chi connectivity index (χ3v) is 3.25. The predicted molar refractivity (Wildman–Crippen MR) is 82.7 cm³/mol. The second kappa shape index (κ2) is 6.74. The molecule has 2 aromatic rings. The largest absolute Gasteiger partial charge is 0.502 e. The third-order valence-electron chi connectivity index (χ3n) is 3.25. The number of allylic oxidation sites excluding steroid dienone is 1. The van der Waals surface area contributed by atoms with Gasteiger partial charge in [0.2, 0.25) is 11.5 Å². The van der Waals surface area contributed by atoms with Gasteiger partial charge < -0.3 is 15.2 Å². The lowest BCUT2D eigenvalue weighted by molar-refractivity contribution is -0.135. The summed E-state index contributed by atoms with van der Waals surface area (Å²) in [6.07, 6.45) is 1.18. The number of H-pyrrole nitrogens is 1. The number of hydrogen-bond acceptors (Lipinski definition) is 4. The fraction of sp³-hybridized carbons (Fsp3) is 0.118. The van der Waals surface area contributed by atoms with Crippen LogP contribution in [0, 0.1) is 0 Å². The highest BCUT2D eigenvalue weighted by Crippen LogP contribution is 2.12. The molecule has 0 radical (unpaired) electrons. The maximum absolute atomic E-state index is 11.8. The number of aromatic nitrogens is 1. The van der Waals surface area contributed by atoms with Crippen LogP contribution in [0.25, 0.3) is 0 Å². The minimum absolute atomic E-state index is 0.00525. The average Bonchev–Trinajstić information content (AvgIpc) is 2.96. The Balaban J connectivity index is 2.10. The number of carboxylic acid groups (broad SMARTS) is 1. The zero-order valence-corrected chi connectivity index (χ0v) is 12.4. The Labute approximate surface area is 132 Å². The molecule has 0 saturated heterocycles. The molecule has 0 bridgehead atoms. The molecule has 0 fully saturated rings. The first kappa shape index (κ1) is 16.2. The summed E-state index contributed by atoms with van der Waals surface area (Å²) >= 11 is 0. The van der Waals surface area contributed by atoms with Crippen molar-refractivity contribution in [3.63, 3.8) is 0 Å². The van der Waals surface area contributed by atoms with Gasteiger partial charge in [0, 0.05) is 23.8 Å². The molecule has 3 N–H and O–H groups in total. The molecule has 0 unspecified atom stereocenters. The van der Waals surface area contributed by atoms with Gasteiger partial charge in [0.15, 0.2) is 5.78 Å². The molecule has 0 atom stereocenters. The molecule has 6 nitrogen and oxygen atoms in total. The SMILES string of the molecule is CC(=O)c1ccc(Cc2ccc(C(=O)/C=C(\O)C(=O)O)[nH]2)cc1. The van der Waals surface area contributed by atoms with Crippen molar-refractivity contribution in [2.45, 2.75) is 13.3 Å². The van der Waals surface area contributed by atoms with Crippen LogP contribution in [0.3, 0.4) is 0 Å². The number of carbonyl (C=O) groups excluding carboxylic acids is 2. The van der Waals surface area contributed by atoms with Crippen molar-refractivity contribution < 1.29 is 24.6 Å². The van der Waals surface area contributed by atoms with Gasteiger partial charge in [-0.3, -0.25) is 9.59 Å². The monoisotopic (exact) mass is 313 g/mol. The molecule has 6 heteroatoms. The van der Waals surface area contributed by atoms with Crippen molar-refractivity contribution in [3.05, 3.63) is 70.7 Å². The molecule has 0 amide bonds. The second-order valence-corrected chi connectivity index (χ2v) is 5.03. The van der Waals surface area contributed by atoms with Gasteiger partial charge in [-0.05, 0) is 24.6 Å². The molecule has 0 aliphatic rings. The van der Waals surface area contributed by atoms with E-state index < -0.39 is 17.5 Å². The van der Waals surface area contributed by atoms with Crippen LogP contribution < -0.4 is 0 Å². The smallest absolute Gasteiger partial charge is 0.371 e. The lowest BCUT2D eigenvalue weighted by atomic mass is 10.1. The first-order valence-electron chi connectivity index (χ1n) is 6.83. The molecule has 1 aromatic carbocycles. The van der Waals surface area contributed by atoms with Crippen molar-refractivity contribution in [3.8, 4) is 0 Å². The van der Waals surface area contributed by atoms with E-state index in [4.69, 9.17) is 10.2 Å². The maximum Gasteiger partial charge on any atom is 0.371 e. The number of aliphatic hydroxyl groups excluding tert-OH is 1. The minimum atomic E-state index is -1.56. The summed E-state index contributed by atoms with van der Waals surface area (Å²) in [5.41, 5.74) is 2.53. The normalized spacial score (nSPS) is 11.3. The van der Waals surface area contributed by atoms with E-state index >= 15 is 0 Å². The summed E-state index contributed by atoms with van der Waals surface area (Å²) in [5, 5.41) is 17.6. The summed E-state index contributed by atoms with van der Waals surface area (Å²) in [6, 6.07) is 10.4. The van der Waals surface area contributed by atoms with E-state index in [9.17, 15) is 14.4 Å². The van der Waals surface area contributed by atoms with Gasteiger partial charge in [-0.2, -0.15) is 0 Å². The summed E-state index contributed by atoms with van der Waals surface area (Å²) < 4.78 is 0. The summed E-state index contributed by atoms with van der Waals surface area (Å²) in [4.78, 5) is 36.4. The van der Waals surface area contributed by atoms with Crippen molar-refractivity contribution in [1.29, 1.82) is 0 Å². The number of aliphatic hydroxyl groups is 1. The molecule has 0 spiro atoms. The molecule has 2 rings (SSSR count). The van der Waals surface area contributed by atoms with Crippen molar-refractivity contribution >= 4 is 17.5 Å². The highest BCUT2D eigenvalue weighted by molar-refractivity contribution is 6.06. The van der Waals surface area contributed by atoms with Gasteiger partial charge in [-0.1, -0.05) is 24.3 Å². The highest BCUT2D eigenvalue weighted by atomic mass is 16.4. The number of hydrogen-bond donors (Lipinski definition) is 3. The zero-order chi connectivity index (χ0) is 17.0. The molecule has 0 saturated carbocycles. The molecule has 0 aliphatic carbocycles. The van der Waals surface area contributed by atoms with Gasteiger partial charge in [0.05, 0.1) is 5.69 Å². The van der Waals surface area contributed by atoms with E-state index in [0.717, 1.165) is 11.3 Å². The predicted octanol–water partition coefficient (Wildman–Crippen LogP) is 2.52. The number of Topliss-reactive ketones (excluding diaryl/α,β-unsaturated/α-hetero) is 1. The maximum atomic E-state index is 11.8. The fourth-order valence-electron chi connectivity index (χ4n) is 2.03. The molecule has 23 heavy (non-hydrogen) atoms. The molecular weight excluding hydrogens is 298 g/mol. The number of aliphatic carboxylic acids is 1. The number of rotatable bonds is 6. The highest BCUT2D eigenvalue weighted by Gasteiger charge is 2.11. The molecule has 118 valence electrons. The first-order chi connectivity index (χ1) is 10.9. The van der Waals surface area contributed by atoms with Gasteiger partial charge in [-0.15, -0.1) is 0 Å². The Kier molecular flexibility index (Phi) is 4.75. The number of nitrogens with one attached hydrogen (secondary N) is 1. The lowest BCUT2D eigenvalue weighted by Crippen LogP contribution is -2.04. The van der Waals surface area contributed by atoms with E-state index in [1.807, 2.05) is 12.1 Å². The van der Waals surface area contributed by atoms with Crippen LogP contribution >= 0.6 is 0 Å². The van der Waals surface area contributed by atoms with E-state index in [2.05, 4.69) is 4.98 Å². The number of carboxylic acids is 1. The fourth-order valence-corrected chi connectivity index (χ4v) is 2.03. The summed E-state index contributed by atoms with van der Waals surface area (Å²) in [7, 11) is 0. The van der Waals surface area contributed by atoms with Crippen LogP contribution in [0.1, 0.15) is 39.0 Å². The van der Waals surface area contributed by atoms with Crippen molar-refractivity contribution in [1.82, 2.24) is 4.98 Å². The second-order valence-electron chi connectivity index (χ2n) is 5.03. The quantitative estimate of drug-likeness (QED) is 0.431. The number of benzene rings is 1. The zero-order valence-electron chi connectivity index (χ0n) is 12.4. The van der Waals surface area contributed by atoms with E-state index in [0.29, 0.717) is 18.1 Å². The Hall–Kier alpha value is -3.15. The Morgan fingerprint density at radius 1 is 1.04 bits per heavy atom. The Morgan fingerprint density at radius 3 is 2.26 bits per heavy atom. The van der Waals surface area contributed by atoms with E-state index in [-0.39, 0.29) is 11.5 Å². The van der Waals surface area contributed by atoms with Gasteiger partial charge in [0.25, 0.3) is 0 Å². The molecule has 1 heterocycles. The third kappa shape index (κ3) is 4.16. The van der Waals surface area contributed by atoms with Crippen LogP contribution in [0.4, 0.5) is 0 Å². The van der Waals surface area contributed by atoms with Crippen molar-refractivity contribution in [2.24, 2.45) is 0 Å². The van der Waals surface area contributed by atoms with Gasteiger partial charge >= 0.3 is 5.97 Å². The average molecular weight is 313 g/mol. The number of ketones is 2. The van der Waals surface area contributed by atoms with Crippen molar-refractivity contribution in [2.75, 3.05) is 0 Å². The minimum Gasteiger partial charge on any atom is -0.502 e. The van der Waals surface area contributed by atoms with Gasteiger partial charge in [0.1, 0.15) is 0 Å². The molecular formula is C17H15NO5. The summed E-state index contributed by atoms with van der Waals surface area (Å²) in [5.74, 6) is -3.20. The lowest BCUT2D eigenvalue weighted by Gasteiger charge is -2.01. The van der Waals surface area contributed by atoms with Crippen LogP contribution in [0.15, 0.2) is 48.2 Å². The van der Waals surface area contributed by atoms with Crippen LogP contribution in [0.5, 0.6) is 0 Å². The van der Waals surface area contributed by atoms with Crippen LogP contribution in [-0.2, 0) is 11.2 Å². The number of aromatic amines is 1. The standard InChI is InChI=1S/C17H15NO5/c1-10(19)12-4-2-11(3-5-12)8-13-6-7-14(18-13)15(20)9-16(21)17(22)23/h2-7,9,18,21H,8H2,1H3,(H,22,23)/b16-9-. The molecule has 0 aliphatic heterocycles. The van der Waals surface area contributed by atoms with Crippen LogP contribution in [-0.4, -0.2) is 32.7 Å². The Bertz CT molecular complexity index is 784. The topological polar surface area (TPSA) is 107 Å². The van der Waals surface area contributed by atoms with Crippen LogP contribution in [0.2, 0.25) is 0 Å². The van der Waals surface area contributed by atoms with E-state index in [1.54, 1.807) is 18.2 Å². The van der Waals surface area contributed by atoms with Gasteiger partial charge in [-0.25, -0.2) is 4.79 Å². The number of carbonyl (C=O) groups is 3. The molecule has 1 aromatic heterocycles. The van der Waals surface area contributed by atoms with E-state index in [1.165, 1.54) is 13.0 Å². The Morgan fingerprint density at radius 2 is 1.70 bits per heavy atom. The summed E-state index contributed by atoms with van der Waals surface area (Å²) in [6.45, 7) is 1.50.